The minimum Gasteiger partial charge on any atom is -0.357 e. The van der Waals surface area contributed by atoms with Crippen LogP contribution in [-0.2, 0) is 6.54 Å². The van der Waals surface area contributed by atoms with Crippen LogP contribution in [0.4, 0.5) is 5.82 Å². The summed E-state index contributed by atoms with van der Waals surface area (Å²) in [6, 6.07) is 4.21. The normalized spacial score (nSPS) is 15.3. The minimum absolute atomic E-state index is 0.666. The van der Waals surface area contributed by atoms with Crippen molar-refractivity contribution < 1.29 is 0 Å². The number of rotatable bonds is 6. The molecule has 0 bridgehead atoms. The molecule has 128 valence electrons. The van der Waals surface area contributed by atoms with Crippen molar-refractivity contribution in [3.05, 3.63) is 23.9 Å². The number of aliphatic imine (C=N–C) groups is 1. The van der Waals surface area contributed by atoms with Crippen LogP contribution in [0, 0.1) is 0 Å². The Morgan fingerprint density at radius 3 is 2.43 bits per heavy atom. The van der Waals surface area contributed by atoms with E-state index in [-0.39, 0.29) is 0 Å². The fourth-order valence-electron chi connectivity index (χ4n) is 2.70. The molecular formula is C17H30N6. The molecule has 0 aliphatic carbocycles. The Balaban J connectivity index is 1.98. The predicted octanol–water partition coefficient (Wildman–Crippen LogP) is 1.30. The molecule has 1 aliphatic heterocycles. The molecule has 1 aromatic rings. The summed E-state index contributed by atoms with van der Waals surface area (Å²) in [4.78, 5) is 14.0. The second-order valence-electron chi connectivity index (χ2n) is 5.67. The van der Waals surface area contributed by atoms with Gasteiger partial charge in [0.1, 0.15) is 5.82 Å². The van der Waals surface area contributed by atoms with Crippen molar-refractivity contribution in [1.82, 2.24) is 20.5 Å². The number of nitrogens with one attached hydrogen (secondary N) is 2. The fraction of sp³-hybridized carbons (Fsp3) is 0.647. The molecule has 0 unspecified atom stereocenters. The summed E-state index contributed by atoms with van der Waals surface area (Å²) in [5.74, 6) is 1.94. The molecule has 0 saturated carbocycles. The molecule has 23 heavy (non-hydrogen) atoms. The molecule has 2 N–H and O–H groups in total. The number of likely N-dealkylation sites (N-methyl/N-ethyl adjacent to an activating group) is 1. The van der Waals surface area contributed by atoms with Gasteiger partial charge in [0.05, 0.1) is 6.54 Å². The number of aromatic nitrogens is 1. The summed E-state index contributed by atoms with van der Waals surface area (Å²) in [5, 5.41) is 6.50. The van der Waals surface area contributed by atoms with Crippen molar-refractivity contribution in [2.24, 2.45) is 4.99 Å². The number of hydrogen-bond donors (Lipinski definition) is 2. The zero-order chi connectivity index (χ0) is 16.5. The van der Waals surface area contributed by atoms with Gasteiger partial charge in [0.25, 0.3) is 0 Å². The highest BCUT2D eigenvalue weighted by Crippen LogP contribution is 2.15. The lowest BCUT2D eigenvalue weighted by Gasteiger charge is -2.34. The molecule has 1 aromatic heterocycles. The lowest BCUT2D eigenvalue weighted by Crippen LogP contribution is -2.46. The Kier molecular flexibility index (Phi) is 7.13. The standard InChI is InChI=1S/C17H30N6/c1-4-18-17(19-5-2)21-14-15-7-8-20-16(13-15)23-11-9-22(6-3)10-12-23/h7-8,13H,4-6,9-12,14H2,1-3H3,(H2,18,19,21). The van der Waals surface area contributed by atoms with Gasteiger partial charge >= 0.3 is 0 Å². The lowest BCUT2D eigenvalue weighted by molar-refractivity contribution is 0.270. The van der Waals surface area contributed by atoms with Crippen LogP contribution in [-0.4, -0.2) is 61.7 Å². The van der Waals surface area contributed by atoms with E-state index in [9.17, 15) is 0 Å². The third-order valence-corrected chi connectivity index (χ3v) is 4.06. The van der Waals surface area contributed by atoms with E-state index in [4.69, 9.17) is 0 Å². The van der Waals surface area contributed by atoms with Crippen molar-refractivity contribution in [1.29, 1.82) is 0 Å². The Bertz CT molecular complexity index is 486. The Morgan fingerprint density at radius 2 is 1.83 bits per heavy atom. The van der Waals surface area contributed by atoms with Crippen LogP contribution in [0.15, 0.2) is 23.3 Å². The molecule has 1 aliphatic rings. The van der Waals surface area contributed by atoms with Crippen molar-refractivity contribution >= 4 is 11.8 Å². The minimum atomic E-state index is 0.666. The number of piperazine rings is 1. The van der Waals surface area contributed by atoms with Gasteiger partial charge in [0, 0.05) is 45.5 Å². The van der Waals surface area contributed by atoms with E-state index < -0.39 is 0 Å². The van der Waals surface area contributed by atoms with E-state index >= 15 is 0 Å². The number of pyridine rings is 1. The SMILES string of the molecule is CCNC(=NCc1ccnc(N2CCN(CC)CC2)c1)NCC. The number of nitrogens with zero attached hydrogens (tertiary/aromatic N) is 4. The Labute approximate surface area is 140 Å². The summed E-state index contributed by atoms with van der Waals surface area (Å²) < 4.78 is 0. The summed E-state index contributed by atoms with van der Waals surface area (Å²) in [7, 11) is 0. The first-order valence-corrected chi connectivity index (χ1v) is 8.71. The van der Waals surface area contributed by atoms with E-state index in [0.29, 0.717) is 6.54 Å². The molecule has 1 fully saturated rings. The van der Waals surface area contributed by atoms with Gasteiger partial charge in [-0.1, -0.05) is 6.92 Å². The molecule has 6 nitrogen and oxygen atoms in total. The molecular weight excluding hydrogens is 288 g/mol. The second-order valence-corrected chi connectivity index (χ2v) is 5.67. The molecule has 1 saturated heterocycles. The topological polar surface area (TPSA) is 55.8 Å². The second kappa shape index (κ2) is 9.35. The van der Waals surface area contributed by atoms with Gasteiger partial charge in [-0.2, -0.15) is 0 Å². The zero-order valence-corrected chi connectivity index (χ0v) is 14.7. The molecule has 0 atom stereocenters. The molecule has 6 heteroatoms. The first-order valence-electron chi connectivity index (χ1n) is 8.71. The first-order chi connectivity index (χ1) is 11.3. The van der Waals surface area contributed by atoms with Crippen LogP contribution in [0.3, 0.4) is 0 Å². The van der Waals surface area contributed by atoms with Gasteiger partial charge < -0.3 is 20.4 Å². The summed E-state index contributed by atoms with van der Waals surface area (Å²) in [6.07, 6.45) is 1.90. The number of hydrogen-bond acceptors (Lipinski definition) is 4. The highest BCUT2D eigenvalue weighted by molar-refractivity contribution is 5.79. The van der Waals surface area contributed by atoms with Crippen LogP contribution < -0.4 is 15.5 Å². The van der Waals surface area contributed by atoms with E-state index in [2.05, 4.69) is 57.2 Å². The van der Waals surface area contributed by atoms with Gasteiger partial charge in [-0.3, -0.25) is 0 Å². The highest BCUT2D eigenvalue weighted by Gasteiger charge is 2.16. The Hall–Kier alpha value is -1.82. The maximum atomic E-state index is 4.62. The molecule has 0 amide bonds. The molecule has 2 heterocycles. The average Bonchev–Trinajstić information content (AvgIpc) is 2.60. The van der Waals surface area contributed by atoms with Gasteiger partial charge in [0.15, 0.2) is 5.96 Å². The maximum Gasteiger partial charge on any atom is 0.191 e. The molecule has 0 spiro atoms. The van der Waals surface area contributed by atoms with Crippen molar-refractivity contribution in [3.63, 3.8) is 0 Å². The molecule has 0 aromatic carbocycles. The van der Waals surface area contributed by atoms with Crippen LogP contribution >= 0.6 is 0 Å². The van der Waals surface area contributed by atoms with Crippen LogP contribution in [0.1, 0.15) is 26.3 Å². The predicted molar refractivity (Wildman–Crippen MR) is 97.1 cm³/mol. The fourth-order valence-corrected chi connectivity index (χ4v) is 2.70. The summed E-state index contributed by atoms with van der Waals surface area (Å²) in [5.41, 5.74) is 1.20. The van der Waals surface area contributed by atoms with E-state index in [1.165, 1.54) is 5.56 Å². The number of anilines is 1. The zero-order valence-electron chi connectivity index (χ0n) is 14.7. The van der Waals surface area contributed by atoms with Crippen molar-refractivity contribution in [2.45, 2.75) is 27.3 Å². The van der Waals surface area contributed by atoms with Gasteiger partial charge in [-0.05, 0) is 38.1 Å². The van der Waals surface area contributed by atoms with Gasteiger partial charge in [0.2, 0.25) is 0 Å². The highest BCUT2D eigenvalue weighted by atomic mass is 15.3. The van der Waals surface area contributed by atoms with Gasteiger partial charge in [-0.25, -0.2) is 9.98 Å². The Morgan fingerprint density at radius 1 is 1.13 bits per heavy atom. The van der Waals surface area contributed by atoms with Crippen molar-refractivity contribution in [2.75, 3.05) is 50.7 Å². The van der Waals surface area contributed by atoms with Gasteiger partial charge in [-0.15, -0.1) is 0 Å². The van der Waals surface area contributed by atoms with E-state index in [0.717, 1.165) is 57.6 Å². The first kappa shape index (κ1) is 17.5. The van der Waals surface area contributed by atoms with Crippen LogP contribution in [0.25, 0.3) is 0 Å². The third kappa shape index (κ3) is 5.39. The largest absolute Gasteiger partial charge is 0.357 e. The van der Waals surface area contributed by atoms with Crippen LogP contribution in [0.5, 0.6) is 0 Å². The quantitative estimate of drug-likeness (QED) is 0.612. The maximum absolute atomic E-state index is 4.62. The van der Waals surface area contributed by atoms with Crippen molar-refractivity contribution in [3.8, 4) is 0 Å². The lowest BCUT2D eigenvalue weighted by atomic mass is 10.2. The molecule has 2 rings (SSSR count). The van der Waals surface area contributed by atoms with Crippen LogP contribution in [0.2, 0.25) is 0 Å². The summed E-state index contributed by atoms with van der Waals surface area (Å²) in [6.45, 7) is 14.2. The number of guanidine groups is 1. The molecule has 0 radical (unpaired) electrons. The smallest absolute Gasteiger partial charge is 0.191 e. The third-order valence-electron chi connectivity index (χ3n) is 4.06. The van der Waals surface area contributed by atoms with E-state index in [1.54, 1.807) is 0 Å². The monoisotopic (exact) mass is 318 g/mol. The van der Waals surface area contributed by atoms with E-state index in [1.807, 2.05) is 12.3 Å². The average molecular weight is 318 g/mol. The summed E-state index contributed by atoms with van der Waals surface area (Å²) >= 11 is 0.